The fraction of sp³-hybridized carbons (Fsp3) is 0.0435. The second-order valence-electron chi connectivity index (χ2n) is 6.45. The number of nitrogens with zero attached hydrogens (tertiary/aromatic N) is 1. The largest absolute Gasteiger partial charge is 0.489 e. The van der Waals surface area contributed by atoms with Crippen molar-refractivity contribution in [2.24, 2.45) is 4.99 Å². The predicted molar refractivity (Wildman–Crippen MR) is 122 cm³/mol. The first kappa shape index (κ1) is 20.6. The van der Waals surface area contributed by atoms with Crippen molar-refractivity contribution < 1.29 is 18.7 Å². The van der Waals surface area contributed by atoms with Crippen LogP contribution >= 0.6 is 34.2 Å². The molecule has 4 rings (SSSR count). The summed E-state index contributed by atoms with van der Waals surface area (Å²) in [6.07, 6.45) is 1.63. The number of esters is 1. The zero-order valence-corrected chi connectivity index (χ0v) is 18.4. The first-order chi connectivity index (χ1) is 14.5. The van der Waals surface area contributed by atoms with Crippen LogP contribution < -0.4 is 4.74 Å². The zero-order valence-electron chi connectivity index (χ0n) is 15.4. The maximum Gasteiger partial charge on any atom is 0.363 e. The molecule has 0 fully saturated rings. The standard InChI is InChI=1S/C23H14ClFINO3/c24-20-9-6-17(26)12-19(20)22-27-21(23(28)30-22)11-14-4-7-18(8-5-14)29-13-15-2-1-3-16(25)10-15/h1-12H,13H2/b21-11+. The van der Waals surface area contributed by atoms with Crippen LogP contribution in [-0.2, 0) is 16.1 Å². The lowest BCUT2D eigenvalue weighted by atomic mass is 10.2. The van der Waals surface area contributed by atoms with Crippen molar-refractivity contribution in [2.75, 3.05) is 0 Å². The summed E-state index contributed by atoms with van der Waals surface area (Å²) in [5, 5.41) is 0.461. The van der Waals surface area contributed by atoms with Gasteiger partial charge in [-0.25, -0.2) is 14.2 Å². The first-order valence-electron chi connectivity index (χ1n) is 8.93. The minimum Gasteiger partial charge on any atom is -0.489 e. The van der Waals surface area contributed by atoms with Crippen LogP contribution in [0.3, 0.4) is 0 Å². The summed E-state index contributed by atoms with van der Waals surface area (Å²) in [7, 11) is 0. The average Bonchev–Trinajstić information content (AvgIpc) is 3.09. The van der Waals surface area contributed by atoms with E-state index in [-0.39, 0.29) is 24.0 Å². The molecule has 1 aliphatic rings. The molecule has 0 unspecified atom stereocenters. The monoisotopic (exact) mass is 533 g/mol. The minimum absolute atomic E-state index is 0.185. The molecule has 0 aliphatic carbocycles. The summed E-state index contributed by atoms with van der Waals surface area (Å²) in [5.41, 5.74) is 2.26. The van der Waals surface area contributed by atoms with Gasteiger partial charge in [-0.05, 0) is 82.3 Å². The smallest absolute Gasteiger partial charge is 0.363 e. The number of carbonyl (C=O) groups is 1. The van der Waals surface area contributed by atoms with Crippen molar-refractivity contribution >= 4 is 52.1 Å². The molecular formula is C23H14ClFINO3. The fourth-order valence-corrected chi connectivity index (χ4v) is 3.49. The second-order valence-corrected chi connectivity index (χ2v) is 8.10. The lowest BCUT2D eigenvalue weighted by Gasteiger charge is -2.06. The Bertz CT molecular complexity index is 1180. The molecule has 7 heteroatoms. The van der Waals surface area contributed by atoms with Gasteiger partial charge in [0.25, 0.3) is 0 Å². The fourth-order valence-electron chi connectivity index (χ4n) is 2.80. The molecule has 0 aromatic heterocycles. The molecule has 0 radical (unpaired) electrons. The van der Waals surface area contributed by atoms with Gasteiger partial charge in [0.15, 0.2) is 5.70 Å². The molecule has 3 aromatic carbocycles. The van der Waals surface area contributed by atoms with Crippen LogP contribution in [0.25, 0.3) is 6.08 Å². The van der Waals surface area contributed by atoms with E-state index in [2.05, 4.69) is 27.6 Å². The third kappa shape index (κ3) is 4.88. The summed E-state index contributed by atoms with van der Waals surface area (Å²) >= 11 is 8.36. The quantitative estimate of drug-likeness (QED) is 0.229. The molecule has 0 spiro atoms. The molecule has 1 aliphatic heterocycles. The van der Waals surface area contributed by atoms with Gasteiger partial charge in [-0.3, -0.25) is 0 Å². The Morgan fingerprint density at radius 1 is 1.10 bits per heavy atom. The van der Waals surface area contributed by atoms with E-state index in [4.69, 9.17) is 21.1 Å². The van der Waals surface area contributed by atoms with Gasteiger partial charge < -0.3 is 9.47 Å². The maximum absolute atomic E-state index is 13.2. The van der Waals surface area contributed by atoms with Gasteiger partial charge in [0, 0.05) is 3.57 Å². The highest BCUT2D eigenvalue weighted by Crippen LogP contribution is 2.26. The summed E-state index contributed by atoms with van der Waals surface area (Å²) < 4.78 is 25.1. The van der Waals surface area contributed by atoms with E-state index in [1.165, 1.54) is 12.1 Å². The van der Waals surface area contributed by atoms with E-state index >= 15 is 0 Å². The molecule has 0 saturated carbocycles. The van der Waals surface area contributed by atoms with E-state index < -0.39 is 5.97 Å². The summed E-state index contributed by atoms with van der Waals surface area (Å²) in [4.78, 5) is 16.5. The highest BCUT2D eigenvalue weighted by molar-refractivity contribution is 14.1. The Hall–Kier alpha value is -2.71. The molecule has 0 atom stereocenters. The van der Waals surface area contributed by atoms with Crippen LogP contribution in [-0.4, -0.2) is 11.9 Å². The van der Waals surface area contributed by atoms with Gasteiger partial charge in [-0.1, -0.05) is 35.9 Å². The molecule has 1 heterocycles. The Kier molecular flexibility index (Phi) is 6.15. The number of hydrogen-bond donors (Lipinski definition) is 0. The van der Waals surface area contributed by atoms with Crippen molar-refractivity contribution in [3.05, 3.63) is 104 Å². The van der Waals surface area contributed by atoms with Crippen LogP contribution in [0.4, 0.5) is 4.39 Å². The van der Waals surface area contributed by atoms with Gasteiger partial charge in [-0.2, -0.15) is 0 Å². The van der Waals surface area contributed by atoms with Gasteiger partial charge >= 0.3 is 5.97 Å². The number of ether oxygens (including phenoxy) is 2. The Morgan fingerprint density at radius 2 is 1.90 bits per heavy atom. The third-order valence-electron chi connectivity index (χ3n) is 4.26. The van der Waals surface area contributed by atoms with E-state index in [1.54, 1.807) is 48.5 Å². The lowest BCUT2D eigenvalue weighted by Crippen LogP contribution is -2.06. The second kappa shape index (κ2) is 8.97. The number of cyclic esters (lactones) is 1. The molecular weight excluding hydrogens is 520 g/mol. The van der Waals surface area contributed by atoms with Crippen LogP contribution in [0.1, 0.15) is 16.7 Å². The zero-order chi connectivity index (χ0) is 21.1. The van der Waals surface area contributed by atoms with E-state index in [1.807, 2.05) is 12.1 Å². The minimum atomic E-state index is -0.536. The lowest BCUT2D eigenvalue weighted by molar-refractivity contribution is -0.129. The van der Waals surface area contributed by atoms with Crippen LogP contribution in [0, 0.1) is 9.39 Å². The predicted octanol–water partition coefficient (Wildman–Crippen LogP) is 6.01. The molecule has 0 bridgehead atoms. The van der Waals surface area contributed by atoms with Crippen molar-refractivity contribution in [2.45, 2.75) is 6.61 Å². The number of aliphatic imine (C=N–C) groups is 1. The van der Waals surface area contributed by atoms with E-state index in [0.717, 1.165) is 14.7 Å². The SMILES string of the molecule is O=C1OC(c2cc(I)ccc2Cl)=N/C1=C/c1ccc(OCc2cccc(F)c2)cc1. The van der Waals surface area contributed by atoms with Crippen molar-refractivity contribution in [3.63, 3.8) is 0 Å². The van der Waals surface area contributed by atoms with Crippen LogP contribution in [0.2, 0.25) is 5.02 Å². The number of rotatable bonds is 5. The number of hydrogen-bond acceptors (Lipinski definition) is 4. The van der Waals surface area contributed by atoms with Crippen LogP contribution in [0.15, 0.2) is 77.4 Å². The van der Waals surface area contributed by atoms with E-state index in [9.17, 15) is 9.18 Å². The molecule has 3 aromatic rings. The van der Waals surface area contributed by atoms with Crippen molar-refractivity contribution in [3.8, 4) is 5.75 Å². The molecule has 4 nitrogen and oxygen atoms in total. The molecule has 0 amide bonds. The topological polar surface area (TPSA) is 47.9 Å². The Balaban J connectivity index is 1.48. The molecule has 30 heavy (non-hydrogen) atoms. The third-order valence-corrected chi connectivity index (χ3v) is 5.26. The maximum atomic E-state index is 13.2. The summed E-state index contributed by atoms with van der Waals surface area (Å²) in [6, 6.07) is 18.8. The van der Waals surface area contributed by atoms with E-state index in [0.29, 0.717) is 16.3 Å². The Labute approximate surface area is 191 Å². The average molecular weight is 534 g/mol. The van der Waals surface area contributed by atoms with Gasteiger partial charge in [0.05, 0.1) is 10.6 Å². The molecule has 0 N–H and O–H groups in total. The highest BCUT2D eigenvalue weighted by Gasteiger charge is 2.25. The number of benzene rings is 3. The molecule has 0 saturated heterocycles. The van der Waals surface area contributed by atoms with Crippen molar-refractivity contribution in [1.29, 1.82) is 0 Å². The number of carbonyl (C=O) groups excluding carboxylic acids is 1. The Morgan fingerprint density at radius 3 is 2.67 bits per heavy atom. The number of halogens is 3. The molecule has 150 valence electrons. The normalized spacial score (nSPS) is 14.6. The van der Waals surface area contributed by atoms with Crippen molar-refractivity contribution in [1.82, 2.24) is 0 Å². The first-order valence-corrected chi connectivity index (χ1v) is 10.4. The van der Waals surface area contributed by atoms with Gasteiger partial charge in [0.2, 0.25) is 5.90 Å². The van der Waals surface area contributed by atoms with Gasteiger partial charge in [-0.15, -0.1) is 0 Å². The van der Waals surface area contributed by atoms with Crippen LogP contribution in [0.5, 0.6) is 5.75 Å². The van der Waals surface area contributed by atoms with Gasteiger partial charge in [0.1, 0.15) is 18.2 Å². The highest BCUT2D eigenvalue weighted by atomic mass is 127. The summed E-state index contributed by atoms with van der Waals surface area (Å²) in [6.45, 7) is 0.259. The summed E-state index contributed by atoms with van der Waals surface area (Å²) in [5.74, 6) is -0.0191.